The second kappa shape index (κ2) is 6.35. The molecule has 102 valence electrons. The molecule has 1 atom stereocenters. The highest BCUT2D eigenvalue weighted by atomic mass is 79.9. The molecule has 4 heteroatoms. The molecule has 0 amide bonds. The SMILES string of the molecule is CC(C)n1ccc(CN[C@@H](C)c2ccc(Br)cc2)n1. The van der Waals surface area contributed by atoms with Crippen molar-refractivity contribution in [1.29, 1.82) is 0 Å². The van der Waals surface area contributed by atoms with Crippen LogP contribution in [0.1, 0.15) is 44.1 Å². The fourth-order valence-corrected chi connectivity index (χ4v) is 2.15. The van der Waals surface area contributed by atoms with Gasteiger partial charge in [0.2, 0.25) is 0 Å². The number of rotatable bonds is 5. The van der Waals surface area contributed by atoms with Crippen molar-refractivity contribution < 1.29 is 0 Å². The monoisotopic (exact) mass is 321 g/mol. The summed E-state index contributed by atoms with van der Waals surface area (Å²) in [7, 11) is 0. The Hall–Kier alpha value is -1.13. The lowest BCUT2D eigenvalue weighted by molar-refractivity contribution is 0.512. The van der Waals surface area contributed by atoms with E-state index in [-0.39, 0.29) is 0 Å². The Morgan fingerprint density at radius 2 is 1.84 bits per heavy atom. The van der Waals surface area contributed by atoms with Crippen LogP contribution in [-0.2, 0) is 6.54 Å². The van der Waals surface area contributed by atoms with Crippen molar-refractivity contribution in [2.75, 3.05) is 0 Å². The zero-order valence-corrected chi connectivity index (χ0v) is 13.2. The highest BCUT2D eigenvalue weighted by molar-refractivity contribution is 9.10. The van der Waals surface area contributed by atoms with Crippen LogP contribution in [0.15, 0.2) is 41.0 Å². The van der Waals surface area contributed by atoms with Crippen LogP contribution in [0.2, 0.25) is 0 Å². The van der Waals surface area contributed by atoms with Crippen LogP contribution in [0.25, 0.3) is 0 Å². The summed E-state index contributed by atoms with van der Waals surface area (Å²) in [4.78, 5) is 0. The summed E-state index contributed by atoms with van der Waals surface area (Å²) in [6.45, 7) is 7.23. The minimum Gasteiger partial charge on any atom is -0.304 e. The summed E-state index contributed by atoms with van der Waals surface area (Å²) in [5.74, 6) is 0. The maximum absolute atomic E-state index is 4.54. The van der Waals surface area contributed by atoms with Crippen molar-refractivity contribution in [3.8, 4) is 0 Å². The van der Waals surface area contributed by atoms with Crippen molar-refractivity contribution in [3.63, 3.8) is 0 Å². The highest BCUT2D eigenvalue weighted by Gasteiger charge is 2.06. The van der Waals surface area contributed by atoms with Crippen LogP contribution in [0.4, 0.5) is 0 Å². The lowest BCUT2D eigenvalue weighted by Crippen LogP contribution is -2.18. The molecule has 1 aromatic heterocycles. The Bertz CT molecular complexity index is 516. The van der Waals surface area contributed by atoms with Gasteiger partial charge in [-0.25, -0.2) is 0 Å². The fraction of sp³-hybridized carbons (Fsp3) is 0.400. The largest absolute Gasteiger partial charge is 0.304 e. The van der Waals surface area contributed by atoms with Gasteiger partial charge in [0, 0.05) is 29.3 Å². The molecule has 0 saturated heterocycles. The fourth-order valence-electron chi connectivity index (χ4n) is 1.89. The van der Waals surface area contributed by atoms with Gasteiger partial charge < -0.3 is 5.32 Å². The quantitative estimate of drug-likeness (QED) is 0.899. The number of nitrogens with one attached hydrogen (secondary N) is 1. The molecule has 2 rings (SSSR count). The molecule has 1 aromatic carbocycles. The van der Waals surface area contributed by atoms with E-state index in [4.69, 9.17) is 0 Å². The van der Waals surface area contributed by atoms with Gasteiger partial charge in [0.1, 0.15) is 0 Å². The second-order valence-electron chi connectivity index (χ2n) is 5.03. The first kappa shape index (κ1) is 14.3. The summed E-state index contributed by atoms with van der Waals surface area (Å²) in [6, 6.07) is 11.2. The van der Waals surface area contributed by atoms with Gasteiger partial charge in [0.15, 0.2) is 0 Å². The van der Waals surface area contributed by atoms with E-state index in [2.05, 4.69) is 77.4 Å². The lowest BCUT2D eigenvalue weighted by atomic mass is 10.1. The van der Waals surface area contributed by atoms with E-state index in [1.165, 1.54) is 5.56 Å². The predicted octanol–water partition coefficient (Wildman–Crippen LogP) is 4.08. The molecule has 0 spiro atoms. The summed E-state index contributed by atoms with van der Waals surface area (Å²) in [6.07, 6.45) is 2.03. The van der Waals surface area contributed by atoms with Crippen molar-refractivity contribution in [1.82, 2.24) is 15.1 Å². The minimum atomic E-state index is 0.317. The van der Waals surface area contributed by atoms with E-state index in [0.717, 1.165) is 16.7 Å². The van der Waals surface area contributed by atoms with Crippen LogP contribution in [-0.4, -0.2) is 9.78 Å². The maximum Gasteiger partial charge on any atom is 0.0762 e. The maximum atomic E-state index is 4.54. The standard InChI is InChI=1S/C15H20BrN3/c1-11(2)19-9-8-15(18-19)10-17-12(3)13-4-6-14(16)7-5-13/h4-9,11-12,17H,10H2,1-3H3/t12-/m0/s1. The zero-order valence-electron chi connectivity index (χ0n) is 11.6. The van der Waals surface area contributed by atoms with Gasteiger partial charge in [0.25, 0.3) is 0 Å². The number of nitrogens with zero attached hydrogens (tertiary/aromatic N) is 2. The van der Waals surface area contributed by atoms with Crippen molar-refractivity contribution in [2.24, 2.45) is 0 Å². The van der Waals surface area contributed by atoms with Crippen molar-refractivity contribution >= 4 is 15.9 Å². The first-order valence-corrected chi connectivity index (χ1v) is 7.38. The van der Waals surface area contributed by atoms with Gasteiger partial charge in [-0.05, 0) is 44.5 Å². The Kier molecular flexibility index (Phi) is 4.77. The van der Waals surface area contributed by atoms with Crippen LogP contribution in [0, 0.1) is 0 Å². The normalized spacial score (nSPS) is 12.9. The van der Waals surface area contributed by atoms with Crippen LogP contribution >= 0.6 is 15.9 Å². The molecular weight excluding hydrogens is 302 g/mol. The first-order chi connectivity index (χ1) is 9.06. The highest BCUT2D eigenvalue weighted by Crippen LogP contribution is 2.16. The van der Waals surface area contributed by atoms with Crippen LogP contribution in [0.5, 0.6) is 0 Å². The van der Waals surface area contributed by atoms with Gasteiger partial charge in [0.05, 0.1) is 5.69 Å². The third kappa shape index (κ3) is 3.91. The van der Waals surface area contributed by atoms with E-state index >= 15 is 0 Å². The van der Waals surface area contributed by atoms with E-state index in [1.807, 2.05) is 10.9 Å². The van der Waals surface area contributed by atoms with Gasteiger partial charge in [-0.3, -0.25) is 4.68 Å². The molecule has 0 radical (unpaired) electrons. The van der Waals surface area contributed by atoms with E-state index in [1.54, 1.807) is 0 Å². The predicted molar refractivity (Wildman–Crippen MR) is 82.0 cm³/mol. The molecule has 0 unspecified atom stereocenters. The topological polar surface area (TPSA) is 29.9 Å². The molecule has 0 bridgehead atoms. The average molecular weight is 322 g/mol. The number of hydrogen-bond acceptors (Lipinski definition) is 2. The molecule has 3 nitrogen and oxygen atoms in total. The minimum absolute atomic E-state index is 0.317. The first-order valence-electron chi connectivity index (χ1n) is 6.59. The molecular formula is C15H20BrN3. The molecule has 1 N–H and O–H groups in total. The second-order valence-corrected chi connectivity index (χ2v) is 5.95. The van der Waals surface area contributed by atoms with Gasteiger partial charge in [-0.2, -0.15) is 5.10 Å². The lowest BCUT2D eigenvalue weighted by Gasteiger charge is -2.13. The molecule has 0 aliphatic heterocycles. The van der Waals surface area contributed by atoms with E-state index in [9.17, 15) is 0 Å². The smallest absolute Gasteiger partial charge is 0.0762 e. The van der Waals surface area contributed by atoms with Crippen molar-refractivity contribution in [3.05, 3.63) is 52.3 Å². The third-order valence-electron chi connectivity index (χ3n) is 3.15. The molecule has 1 heterocycles. The number of hydrogen-bond donors (Lipinski definition) is 1. The number of aromatic nitrogens is 2. The molecule has 0 fully saturated rings. The van der Waals surface area contributed by atoms with Gasteiger partial charge >= 0.3 is 0 Å². The van der Waals surface area contributed by atoms with Crippen LogP contribution in [0.3, 0.4) is 0 Å². The van der Waals surface area contributed by atoms with Gasteiger partial charge in [-0.15, -0.1) is 0 Å². The van der Waals surface area contributed by atoms with Crippen LogP contribution < -0.4 is 5.32 Å². The molecule has 19 heavy (non-hydrogen) atoms. The average Bonchev–Trinajstić information content (AvgIpc) is 2.86. The summed E-state index contributed by atoms with van der Waals surface area (Å²) >= 11 is 3.45. The Labute approximate surface area is 123 Å². The third-order valence-corrected chi connectivity index (χ3v) is 3.68. The van der Waals surface area contributed by atoms with Gasteiger partial charge in [-0.1, -0.05) is 28.1 Å². The van der Waals surface area contributed by atoms with E-state index < -0.39 is 0 Å². The number of benzene rings is 1. The Balaban J connectivity index is 1.92. The molecule has 0 aliphatic rings. The Morgan fingerprint density at radius 3 is 2.42 bits per heavy atom. The zero-order chi connectivity index (χ0) is 13.8. The molecule has 2 aromatic rings. The summed E-state index contributed by atoms with van der Waals surface area (Å²) < 4.78 is 3.10. The molecule has 0 aliphatic carbocycles. The number of halogens is 1. The Morgan fingerprint density at radius 1 is 1.16 bits per heavy atom. The molecule has 0 saturated carbocycles. The van der Waals surface area contributed by atoms with Crippen molar-refractivity contribution in [2.45, 2.75) is 39.4 Å². The summed E-state index contributed by atoms with van der Waals surface area (Å²) in [5, 5.41) is 8.03. The summed E-state index contributed by atoms with van der Waals surface area (Å²) in [5.41, 5.74) is 2.36. The van der Waals surface area contributed by atoms with E-state index in [0.29, 0.717) is 12.1 Å².